The van der Waals surface area contributed by atoms with Gasteiger partial charge >= 0.3 is 6.03 Å². The van der Waals surface area contributed by atoms with E-state index in [9.17, 15) is 18.8 Å². The zero-order valence-corrected chi connectivity index (χ0v) is 21.5. The highest BCUT2D eigenvalue weighted by Crippen LogP contribution is 2.36. The third kappa shape index (κ3) is 5.45. The van der Waals surface area contributed by atoms with Crippen molar-refractivity contribution in [2.45, 2.75) is 20.0 Å². The third-order valence-electron chi connectivity index (χ3n) is 5.93. The number of methoxy groups -OCH3 is 1. The SMILES string of the molecule is C=CCc1cc(/C=C2\C(=O)NC(=O)N(c3cccc(Cl)c3C)C2=O)cc(OC)c1OCc1ccc(F)cc1. The Kier molecular flexibility index (Phi) is 7.93. The van der Waals surface area contributed by atoms with Crippen molar-refractivity contribution in [3.8, 4) is 11.5 Å². The van der Waals surface area contributed by atoms with Gasteiger partial charge in [0.15, 0.2) is 11.5 Å². The summed E-state index contributed by atoms with van der Waals surface area (Å²) in [6.07, 6.45) is 3.46. The van der Waals surface area contributed by atoms with Crippen molar-refractivity contribution in [2.75, 3.05) is 12.0 Å². The number of amides is 4. The topological polar surface area (TPSA) is 84.9 Å². The second kappa shape index (κ2) is 11.3. The Hall–Kier alpha value is -4.43. The zero-order valence-electron chi connectivity index (χ0n) is 20.7. The largest absolute Gasteiger partial charge is 0.493 e. The van der Waals surface area contributed by atoms with Gasteiger partial charge in [0.1, 0.15) is 18.0 Å². The van der Waals surface area contributed by atoms with Crippen molar-refractivity contribution < 1.29 is 28.2 Å². The van der Waals surface area contributed by atoms with Gasteiger partial charge in [0.05, 0.1) is 12.8 Å². The number of carbonyl (C=O) groups is 3. The Balaban J connectivity index is 1.71. The maximum atomic E-state index is 13.4. The van der Waals surface area contributed by atoms with Gasteiger partial charge < -0.3 is 9.47 Å². The van der Waals surface area contributed by atoms with E-state index in [0.29, 0.717) is 39.6 Å². The van der Waals surface area contributed by atoms with Crippen LogP contribution >= 0.6 is 11.6 Å². The van der Waals surface area contributed by atoms with Crippen LogP contribution in [0, 0.1) is 12.7 Å². The molecule has 0 saturated carbocycles. The molecule has 0 unspecified atom stereocenters. The Morgan fingerprint density at radius 2 is 1.84 bits per heavy atom. The number of imide groups is 2. The number of halogens is 2. The van der Waals surface area contributed by atoms with Crippen LogP contribution in [0.2, 0.25) is 5.02 Å². The minimum Gasteiger partial charge on any atom is -0.493 e. The van der Waals surface area contributed by atoms with Gasteiger partial charge in [-0.1, -0.05) is 35.9 Å². The van der Waals surface area contributed by atoms with E-state index in [-0.39, 0.29) is 23.7 Å². The first-order chi connectivity index (χ1) is 18.2. The number of nitrogens with one attached hydrogen (secondary N) is 1. The van der Waals surface area contributed by atoms with E-state index in [4.69, 9.17) is 21.1 Å². The summed E-state index contributed by atoms with van der Waals surface area (Å²) >= 11 is 6.19. The minimum atomic E-state index is -0.864. The van der Waals surface area contributed by atoms with Crippen LogP contribution in [0.3, 0.4) is 0 Å². The summed E-state index contributed by atoms with van der Waals surface area (Å²) in [6.45, 7) is 5.63. The number of rotatable bonds is 8. The molecule has 4 rings (SSSR count). The number of hydrogen-bond donors (Lipinski definition) is 1. The Labute approximate surface area is 224 Å². The van der Waals surface area contributed by atoms with Gasteiger partial charge in [-0.25, -0.2) is 14.1 Å². The van der Waals surface area contributed by atoms with Crippen LogP contribution < -0.4 is 19.7 Å². The molecule has 1 aliphatic heterocycles. The van der Waals surface area contributed by atoms with Crippen molar-refractivity contribution in [1.29, 1.82) is 0 Å². The molecule has 194 valence electrons. The number of anilines is 1. The lowest BCUT2D eigenvalue weighted by Crippen LogP contribution is -2.54. The molecule has 1 saturated heterocycles. The summed E-state index contributed by atoms with van der Waals surface area (Å²) in [4.78, 5) is 39.5. The number of barbiturate groups is 1. The fourth-order valence-corrected chi connectivity index (χ4v) is 4.18. The lowest BCUT2D eigenvalue weighted by Gasteiger charge is -2.27. The van der Waals surface area contributed by atoms with Crippen LogP contribution in [0.1, 0.15) is 22.3 Å². The Bertz CT molecular complexity index is 1470. The first kappa shape index (κ1) is 26.6. The van der Waals surface area contributed by atoms with E-state index >= 15 is 0 Å². The standard InChI is InChI=1S/C29H24ClFN2O5/c1-4-6-20-13-19(15-25(37-3)26(20)38-16-18-9-11-21(31)12-10-18)14-22-27(34)32-29(36)33(28(22)35)24-8-5-7-23(30)17(24)2/h4-5,7-15H,1,6,16H2,2-3H3,(H,32,34,36)/b22-14+. The van der Waals surface area contributed by atoms with Crippen LogP contribution in [-0.2, 0) is 22.6 Å². The van der Waals surface area contributed by atoms with E-state index in [1.54, 1.807) is 55.5 Å². The zero-order chi connectivity index (χ0) is 27.4. The van der Waals surface area contributed by atoms with Gasteiger partial charge in [-0.2, -0.15) is 0 Å². The van der Waals surface area contributed by atoms with E-state index in [2.05, 4.69) is 11.9 Å². The fourth-order valence-electron chi connectivity index (χ4n) is 4.01. The molecule has 0 aliphatic carbocycles. The first-order valence-electron chi connectivity index (χ1n) is 11.6. The maximum absolute atomic E-state index is 13.4. The van der Waals surface area contributed by atoms with E-state index in [0.717, 1.165) is 10.5 Å². The van der Waals surface area contributed by atoms with E-state index < -0.39 is 17.8 Å². The lowest BCUT2D eigenvalue weighted by molar-refractivity contribution is -0.122. The van der Waals surface area contributed by atoms with Gasteiger partial charge in [0.2, 0.25) is 0 Å². The summed E-state index contributed by atoms with van der Waals surface area (Å²) in [6, 6.07) is 13.3. The third-order valence-corrected chi connectivity index (χ3v) is 6.34. The quantitative estimate of drug-likeness (QED) is 0.225. The molecule has 1 N–H and O–H groups in total. The lowest BCUT2D eigenvalue weighted by atomic mass is 10.0. The second-order valence-corrected chi connectivity index (χ2v) is 8.87. The second-order valence-electron chi connectivity index (χ2n) is 8.46. The molecule has 0 bridgehead atoms. The molecule has 3 aromatic rings. The number of ether oxygens (including phenoxy) is 2. The smallest absolute Gasteiger partial charge is 0.335 e. The molecular formula is C29H24ClFN2O5. The summed E-state index contributed by atoms with van der Waals surface area (Å²) in [5.74, 6) is -1.14. The van der Waals surface area contributed by atoms with Gasteiger partial charge in [-0.15, -0.1) is 6.58 Å². The van der Waals surface area contributed by atoms with Crippen molar-refractivity contribution in [3.05, 3.63) is 106 Å². The number of urea groups is 1. The van der Waals surface area contributed by atoms with Crippen molar-refractivity contribution >= 4 is 41.2 Å². The summed E-state index contributed by atoms with van der Waals surface area (Å²) in [7, 11) is 1.47. The van der Waals surface area contributed by atoms with Crippen molar-refractivity contribution in [1.82, 2.24) is 5.32 Å². The number of nitrogens with zero attached hydrogens (tertiary/aromatic N) is 1. The molecule has 38 heavy (non-hydrogen) atoms. The average Bonchev–Trinajstić information content (AvgIpc) is 2.89. The van der Waals surface area contributed by atoms with Crippen LogP contribution in [0.15, 0.2) is 72.8 Å². The summed E-state index contributed by atoms with van der Waals surface area (Å²) in [5, 5.41) is 2.59. The normalized spacial score (nSPS) is 14.5. The molecule has 4 amide bonds. The summed E-state index contributed by atoms with van der Waals surface area (Å²) < 4.78 is 24.8. The fraction of sp³-hybridized carbons (Fsp3) is 0.138. The molecule has 0 radical (unpaired) electrons. The Morgan fingerprint density at radius 3 is 2.53 bits per heavy atom. The van der Waals surface area contributed by atoms with Gasteiger partial charge in [0, 0.05) is 10.6 Å². The predicted octanol–water partition coefficient (Wildman–Crippen LogP) is 5.77. The first-order valence-corrected chi connectivity index (χ1v) is 12.0. The van der Waals surface area contributed by atoms with Gasteiger partial charge in [-0.3, -0.25) is 14.9 Å². The molecule has 1 fully saturated rings. The molecule has 1 aliphatic rings. The predicted molar refractivity (Wildman–Crippen MR) is 143 cm³/mol. The van der Waals surface area contributed by atoms with Gasteiger partial charge in [-0.05, 0) is 72.5 Å². The molecule has 0 aromatic heterocycles. The number of allylic oxidation sites excluding steroid dienone is 1. The molecule has 3 aromatic carbocycles. The van der Waals surface area contributed by atoms with Crippen molar-refractivity contribution in [2.24, 2.45) is 0 Å². The molecule has 9 heteroatoms. The highest BCUT2D eigenvalue weighted by Gasteiger charge is 2.37. The monoisotopic (exact) mass is 534 g/mol. The highest BCUT2D eigenvalue weighted by atomic mass is 35.5. The average molecular weight is 535 g/mol. The number of carbonyl (C=O) groups excluding carboxylic acids is 3. The summed E-state index contributed by atoms with van der Waals surface area (Å²) in [5.41, 5.74) is 2.47. The number of benzene rings is 3. The highest BCUT2D eigenvalue weighted by molar-refractivity contribution is 6.40. The van der Waals surface area contributed by atoms with E-state index in [1.165, 1.54) is 25.3 Å². The Morgan fingerprint density at radius 1 is 1.11 bits per heavy atom. The van der Waals surface area contributed by atoms with E-state index in [1.807, 2.05) is 0 Å². The van der Waals surface area contributed by atoms with Crippen molar-refractivity contribution in [3.63, 3.8) is 0 Å². The molecule has 0 spiro atoms. The van der Waals surface area contributed by atoms with Gasteiger partial charge in [0.25, 0.3) is 11.8 Å². The molecule has 0 atom stereocenters. The number of hydrogen-bond acceptors (Lipinski definition) is 5. The van der Waals surface area contributed by atoms with Crippen LogP contribution in [0.25, 0.3) is 6.08 Å². The molecular weight excluding hydrogens is 511 g/mol. The van der Waals surface area contributed by atoms with Crippen LogP contribution in [0.5, 0.6) is 11.5 Å². The maximum Gasteiger partial charge on any atom is 0.335 e. The minimum absolute atomic E-state index is 0.165. The van der Waals surface area contributed by atoms with Crippen LogP contribution in [0.4, 0.5) is 14.9 Å². The molecule has 7 nitrogen and oxygen atoms in total. The molecule has 1 heterocycles. The van der Waals surface area contributed by atoms with Crippen LogP contribution in [-0.4, -0.2) is 25.0 Å².